The Bertz CT molecular complexity index is 309. The van der Waals surface area contributed by atoms with Crippen molar-refractivity contribution in [3.05, 3.63) is 17.5 Å². The number of hydrogen-bond acceptors (Lipinski definition) is 4. The third-order valence-corrected chi connectivity index (χ3v) is 3.04. The van der Waals surface area contributed by atoms with Crippen LogP contribution >= 0.6 is 0 Å². The van der Waals surface area contributed by atoms with E-state index in [1.807, 2.05) is 13.0 Å². The average Bonchev–Trinajstić information content (AvgIpc) is 2.60. The molecule has 1 heterocycles. The Hall–Kier alpha value is -0.870. The Morgan fingerprint density at radius 2 is 2.27 bits per heavy atom. The lowest BCUT2D eigenvalue weighted by atomic mass is 9.88. The highest BCUT2D eigenvalue weighted by molar-refractivity contribution is 5.03. The summed E-state index contributed by atoms with van der Waals surface area (Å²) >= 11 is 0. The van der Waals surface area contributed by atoms with Gasteiger partial charge < -0.3 is 15.6 Å². The van der Waals surface area contributed by atoms with Crippen LogP contribution < -0.4 is 11.1 Å². The Morgan fingerprint density at radius 1 is 1.60 bits per heavy atom. The van der Waals surface area contributed by atoms with Gasteiger partial charge in [0, 0.05) is 18.2 Å². The van der Waals surface area contributed by atoms with E-state index >= 15 is 0 Å². The summed E-state index contributed by atoms with van der Waals surface area (Å²) in [4.78, 5) is 0. The zero-order chi connectivity index (χ0) is 11.5. The molecule has 0 aliphatic rings. The van der Waals surface area contributed by atoms with E-state index in [4.69, 9.17) is 10.3 Å². The van der Waals surface area contributed by atoms with Crippen LogP contribution in [0.15, 0.2) is 10.6 Å². The van der Waals surface area contributed by atoms with Crippen molar-refractivity contribution in [3.63, 3.8) is 0 Å². The van der Waals surface area contributed by atoms with E-state index in [9.17, 15) is 0 Å². The van der Waals surface area contributed by atoms with Crippen LogP contribution in [-0.4, -0.2) is 17.2 Å². The van der Waals surface area contributed by atoms with Gasteiger partial charge in [-0.25, -0.2) is 0 Å². The van der Waals surface area contributed by atoms with Gasteiger partial charge in [-0.1, -0.05) is 19.0 Å². The summed E-state index contributed by atoms with van der Waals surface area (Å²) in [5.74, 6) is 1.33. The quantitative estimate of drug-likeness (QED) is 0.773. The topological polar surface area (TPSA) is 64.1 Å². The van der Waals surface area contributed by atoms with Gasteiger partial charge in [0.05, 0.1) is 12.2 Å². The van der Waals surface area contributed by atoms with Gasteiger partial charge in [-0.15, -0.1) is 0 Å². The molecule has 0 aliphatic heterocycles. The maximum atomic E-state index is 5.77. The van der Waals surface area contributed by atoms with Gasteiger partial charge in [-0.3, -0.25) is 0 Å². The summed E-state index contributed by atoms with van der Waals surface area (Å²) in [5.41, 5.74) is 6.62. The van der Waals surface area contributed by atoms with Crippen molar-refractivity contribution >= 4 is 0 Å². The van der Waals surface area contributed by atoms with E-state index in [0.717, 1.165) is 11.5 Å². The smallest absolute Gasteiger partial charge is 0.150 e. The molecule has 1 rings (SSSR count). The van der Waals surface area contributed by atoms with Crippen molar-refractivity contribution in [2.75, 3.05) is 6.54 Å². The average molecular weight is 211 g/mol. The first-order valence-corrected chi connectivity index (χ1v) is 5.35. The molecule has 3 N–H and O–H groups in total. The number of aromatic nitrogens is 1. The van der Waals surface area contributed by atoms with Crippen LogP contribution in [0.3, 0.4) is 0 Å². The molecule has 1 atom stereocenters. The molecule has 1 aromatic rings. The van der Waals surface area contributed by atoms with E-state index in [1.54, 1.807) is 0 Å². The van der Waals surface area contributed by atoms with Crippen molar-refractivity contribution in [3.8, 4) is 0 Å². The second kappa shape index (κ2) is 4.77. The third-order valence-electron chi connectivity index (χ3n) is 3.04. The molecule has 0 saturated carbocycles. The molecule has 86 valence electrons. The second-order valence-corrected chi connectivity index (χ2v) is 4.56. The molecule has 0 aromatic carbocycles. The number of rotatable bonds is 5. The monoisotopic (exact) mass is 211 g/mol. The largest absolute Gasteiger partial charge is 0.360 e. The summed E-state index contributed by atoms with van der Waals surface area (Å²) in [6.07, 6.45) is 0. The van der Waals surface area contributed by atoms with Crippen molar-refractivity contribution in [2.24, 2.45) is 11.7 Å². The molecule has 0 radical (unpaired) electrons. The molecule has 15 heavy (non-hydrogen) atoms. The fraction of sp³-hybridized carbons (Fsp3) is 0.727. The SMILES string of the molecule is Cc1cc(CNC(C)(CN)C(C)C)on1. The first kappa shape index (κ1) is 12.2. The van der Waals surface area contributed by atoms with Gasteiger partial charge in [-0.2, -0.15) is 0 Å². The van der Waals surface area contributed by atoms with Crippen LogP contribution in [0.5, 0.6) is 0 Å². The second-order valence-electron chi connectivity index (χ2n) is 4.56. The zero-order valence-corrected chi connectivity index (χ0v) is 10.0. The van der Waals surface area contributed by atoms with Crippen LogP contribution in [-0.2, 0) is 6.54 Å². The number of nitrogens with two attached hydrogens (primary N) is 1. The maximum Gasteiger partial charge on any atom is 0.150 e. The van der Waals surface area contributed by atoms with Gasteiger partial charge in [-0.05, 0) is 19.8 Å². The molecule has 0 saturated heterocycles. The highest BCUT2D eigenvalue weighted by Gasteiger charge is 2.26. The number of aryl methyl sites for hydroxylation is 1. The molecule has 1 aromatic heterocycles. The Kier molecular flexibility index (Phi) is 3.88. The van der Waals surface area contributed by atoms with E-state index in [-0.39, 0.29) is 5.54 Å². The Balaban J connectivity index is 2.55. The van der Waals surface area contributed by atoms with Crippen LogP contribution in [0.4, 0.5) is 0 Å². The fourth-order valence-electron chi connectivity index (χ4n) is 1.30. The van der Waals surface area contributed by atoms with E-state index in [2.05, 4.69) is 31.2 Å². The number of nitrogens with zero attached hydrogens (tertiary/aromatic N) is 1. The molecular formula is C11H21N3O. The lowest BCUT2D eigenvalue weighted by Crippen LogP contribution is -2.52. The standard InChI is InChI=1S/C11H21N3O/c1-8(2)11(4,7-12)13-6-10-5-9(3)14-15-10/h5,8,13H,6-7,12H2,1-4H3. The highest BCUT2D eigenvalue weighted by Crippen LogP contribution is 2.15. The van der Waals surface area contributed by atoms with E-state index in [1.165, 1.54) is 0 Å². The number of nitrogens with one attached hydrogen (secondary N) is 1. The highest BCUT2D eigenvalue weighted by atomic mass is 16.5. The first-order valence-electron chi connectivity index (χ1n) is 5.35. The molecule has 1 unspecified atom stereocenters. The summed E-state index contributed by atoms with van der Waals surface area (Å²) in [6.45, 7) is 9.64. The van der Waals surface area contributed by atoms with Gasteiger partial charge in [0.2, 0.25) is 0 Å². The van der Waals surface area contributed by atoms with Crippen LogP contribution in [0.2, 0.25) is 0 Å². The van der Waals surface area contributed by atoms with Crippen molar-refractivity contribution < 1.29 is 4.52 Å². The lowest BCUT2D eigenvalue weighted by Gasteiger charge is -2.33. The summed E-state index contributed by atoms with van der Waals surface area (Å²) < 4.78 is 5.13. The van der Waals surface area contributed by atoms with Crippen molar-refractivity contribution in [2.45, 2.75) is 39.8 Å². The minimum atomic E-state index is -0.0549. The molecule has 0 fully saturated rings. The zero-order valence-electron chi connectivity index (χ0n) is 10.0. The lowest BCUT2D eigenvalue weighted by molar-refractivity contribution is 0.251. The number of hydrogen-bond donors (Lipinski definition) is 2. The van der Waals surface area contributed by atoms with Gasteiger partial charge in [0.1, 0.15) is 0 Å². The molecule has 0 aliphatic carbocycles. The Morgan fingerprint density at radius 3 is 2.67 bits per heavy atom. The maximum absolute atomic E-state index is 5.77. The molecule has 0 spiro atoms. The minimum absolute atomic E-state index is 0.0549. The van der Waals surface area contributed by atoms with Gasteiger partial charge in [0.15, 0.2) is 5.76 Å². The van der Waals surface area contributed by atoms with Gasteiger partial charge >= 0.3 is 0 Å². The molecule has 4 heteroatoms. The van der Waals surface area contributed by atoms with E-state index in [0.29, 0.717) is 19.0 Å². The van der Waals surface area contributed by atoms with Gasteiger partial charge in [0.25, 0.3) is 0 Å². The molecule has 4 nitrogen and oxygen atoms in total. The molecule has 0 bridgehead atoms. The van der Waals surface area contributed by atoms with Crippen LogP contribution in [0, 0.1) is 12.8 Å². The van der Waals surface area contributed by atoms with Crippen LogP contribution in [0.1, 0.15) is 32.2 Å². The Labute approximate surface area is 91.2 Å². The van der Waals surface area contributed by atoms with Crippen molar-refractivity contribution in [1.29, 1.82) is 0 Å². The predicted molar refractivity (Wildman–Crippen MR) is 60.4 cm³/mol. The minimum Gasteiger partial charge on any atom is -0.360 e. The van der Waals surface area contributed by atoms with E-state index < -0.39 is 0 Å². The molecule has 0 amide bonds. The summed E-state index contributed by atoms with van der Waals surface area (Å²) in [6, 6.07) is 1.93. The van der Waals surface area contributed by atoms with Crippen molar-refractivity contribution in [1.82, 2.24) is 10.5 Å². The third kappa shape index (κ3) is 3.04. The molecular weight excluding hydrogens is 190 g/mol. The first-order chi connectivity index (χ1) is 6.98. The normalized spacial score (nSPS) is 15.6. The summed E-state index contributed by atoms with van der Waals surface area (Å²) in [5, 5.41) is 7.26. The fourth-order valence-corrected chi connectivity index (χ4v) is 1.30. The predicted octanol–water partition coefficient (Wildman–Crippen LogP) is 1.45. The van der Waals surface area contributed by atoms with Crippen LogP contribution in [0.25, 0.3) is 0 Å². The summed E-state index contributed by atoms with van der Waals surface area (Å²) in [7, 11) is 0.